The lowest BCUT2D eigenvalue weighted by atomic mass is 10.1. The third kappa shape index (κ3) is 4.75. The van der Waals surface area contributed by atoms with Crippen LogP contribution in [0.1, 0.15) is 21.5 Å². The van der Waals surface area contributed by atoms with Crippen molar-refractivity contribution in [2.45, 2.75) is 0 Å². The molecule has 3 aromatic carbocycles. The molecule has 3 rings (SSSR count). The number of nitrogens with zero attached hydrogens (tertiary/aromatic N) is 1. The van der Waals surface area contributed by atoms with Crippen molar-refractivity contribution in [2.75, 3.05) is 0 Å². The van der Waals surface area contributed by atoms with Crippen LogP contribution in [0.25, 0.3) is 6.08 Å². The van der Waals surface area contributed by atoms with Gasteiger partial charge in [0, 0.05) is 11.1 Å². The third-order valence-corrected chi connectivity index (χ3v) is 3.62. The molecule has 25 heavy (non-hydrogen) atoms. The quantitative estimate of drug-likeness (QED) is 0.543. The van der Waals surface area contributed by atoms with Gasteiger partial charge in [-0.15, -0.1) is 0 Å². The largest absolute Gasteiger partial charge is 0.271 e. The first-order valence-corrected chi connectivity index (χ1v) is 8.04. The molecule has 0 bridgehead atoms. The summed E-state index contributed by atoms with van der Waals surface area (Å²) in [5.41, 5.74) is 5.90. The maximum Gasteiger partial charge on any atom is 0.271 e. The van der Waals surface area contributed by atoms with E-state index in [-0.39, 0.29) is 5.91 Å². The minimum atomic E-state index is -0.234. The van der Waals surface area contributed by atoms with Crippen molar-refractivity contribution in [3.63, 3.8) is 0 Å². The lowest BCUT2D eigenvalue weighted by Crippen LogP contribution is -2.19. The monoisotopic (exact) mass is 326 g/mol. The zero-order valence-corrected chi connectivity index (χ0v) is 13.7. The molecule has 3 aromatic rings. The Morgan fingerprint density at radius 1 is 0.720 bits per heavy atom. The summed E-state index contributed by atoms with van der Waals surface area (Å²) < 4.78 is 0. The molecule has 122 valence electrons. The zero-order valence-electron chi connectivity index (χ0n) is 13.7. The molecule has 0 saturated heterocycles. The van der Waals surface area contributed by atoms with Crippen LogP contribution in [0.2, 0.25) is 0 Å². The summed E-state index contributed by atoms with van der Waals surface area (Å²) in [6.45, 7) is 0. The topological polar surface area (TPSA) is 41.5 Å². The molecule has 0 aliphatic carbocycles. The summed E-state index contributed by atoms with van der Waals surface area (Å²) in [5.74, 6) is -0.234. The molecule has 0 aromatic heterocycles. The average Bonchev–Trinajstić information content (AvgIpc) is 2.70. The third-order valence-electron chi connectivity index (χ3n) is 3.62. The molecule has 0 saturated carbocycles. The maximum absolute atomic E-state index is 12.2. The predicted octanol–water partition coefficient (Wildman–Crippen LogP) is 4.53. The van der Waals surface area contributed by atoms with E-state index in [9.17, 15) is 4.79 Å². The SMILES string of the molecule is O=C(NN=C(/C=C\c1ccccc1)c1ccccc1)c1ccccc1. The molecular weight excluding hydrogens is 308 g/mol. The molecule has 0 aliphatic heterocycles. The van der Waals surface area contributed by atoms with Gasteiger partial charge in [-0.3, -0.25) is 4.79 Å². The highest BCUT2D eigenvalue weighted by molar-refractivity contribution is 6.11. The summed E-state index contributed by atoms with van der Waals surface area (Å²) in [4.78, 5) is 12.2. The van der Waals surface area contributed by atoms with E-state index in [1.807, 2.05) is 91.0 Å². The lowest BCUT2D eigenvalue weighted by molar-refractivity contribution is 0.0955. The molecule has 0 heterocycles. The fraction of sp³-hybridized carbons (Fsp3) is 0. The Kier molecular flexibility index (Phi) is 5.52. The van der Waals surface area contributed by atoms with Gasteiger partial charge in [0.05, 0.1) is 5.71 Å². The van der Waals surface area contributed by atoms with Gasteiger partial charge in [-0.1, -0.05) is 84.9 Å². The van der Waals surface area contributed by atoms with Crippen molar-refractivity contribution in [1.82, 2.24) is 5.43 Å². The Hall–Kier alpha value is -3.46. The summed E-state index contributed by atoms with van der Waals surface area (Å²) >= 11 is 0. The summed E-state index contributed by atoms with van der Waals surface area (Å²) in [6, 6.07) is 28.8. The maximum atomic E-state index is 12.2. The van der Waals surface area contributed by atoms with E-state index in [4.69, 9.17) is 0 Å². The summed E-state index contributed by atoms with van der Waals surface area (Å²) in [5, 5.41) is 4.32. The number of hydrazone groups is 1. The van der Waals surface area contributed by atoms with E-state index >= 15 is 0 Å². The molecule has 0 unspecified atom stereocenters. The van der Waals surface area contributed by atoms with Crippen molar-refractivity contribution >= 4 is 17.7 Å². The van der Waals surface area contributed by atoms with Crippen molar-refractivity contribution in [2.24, 2.45) is 5.10 Å². The average molecular weight is 326 g/mol. The van der Waals surface area contributed by atoms with Crippen LogP contribution < -0.4 is 5.43 Å². The lowest BCUT2D eigenvalue weighted by Gasteiger charge is -2.04. The van der Waals surface area contributed by atoms with Crippen molar-refractivity contribution < 1.29 is 4.79 Å². The second kappa shape index (κ2) is 8.41. The number of hydrogen-bond acceptors (Lipinski definition) is 2. The first kappa shape index (κ1) is 16.4. The van der Waals surface area contributed by atoms with Gasteiger partial charge in [0.15, 0.2) is 0 Å². The molecule has 1 N–H and O–H groups in total. The number of benzene rings is 3. The van der Waals surface area contributed by atoms with Crippen LogP contribution in [0.3, 0.4) is 0 Å². The number of carbonyl (C=O) groups excluding carboxylic acids is 1. The first-order chi connectivity index (χ1) is 12.3. The Morgan fingerprint density at radius 3 is 1.84 bits per heavy atom. The highest BCUT2D eigenvalue weighted by Crippen LogP contribution is 2.07. The van der Waals surface area contributed by atoms with Gasteiger partial charge >= 0.3 is 0 Å². The van der Waals surface area contributed by atoms with E-state index in [1.165, 1.54) is 0 Å². The number of hydrogen-bond donors (Lipinski definition) is 1. The molecule has 0 spiro atoms. The van der Waals surface area contributed by atoms with Gasteiger partial charge in [-0.25, -0.2) is 5.43 Å². The molecular formula is C22H18N2O. The predicted molar refractivity (Wildman–Crippen MR) is 102 cm³/mol. The summed E-state index contributed by atoms with van der Waals surface area (Å²) in [7, 11) is 0. The number of carbonyl (C=O) groups is 1. The van der Waals surface area contributed by atoms with Gasteiger partial charge in [0.2, 0.25) is 0 Å². The highest BCUT2D eigenvalue weighted by Gasteiger charge is 2.04. The minimum Gasteiger partial charge on any atom is -0.267 e. The molecule has 0 atom stereocenters. The van der Waals surface area contributed by atoms with Crippen LogP contribution in [0.4, 0.5) is 0 Å². The first-order valence-electron chi connectivity index (χ1n) is 8.04. The number of rotatable bonds is 5. The number of allylic oxidation sites excluding steroid dienone is 1. The molecule has 1 amide bonds. The minimum absolute atomic E-state index is 0.234. The molecule has 0 fully saturated rings. The van der Waals surface area contributed by atoms with Gasteiger partial charge < -0.3 is 0 Å². The normalized spacial score (nSPS) is 11.4. The van der Waals surface area contributed by atoms with Crippen LogP contribution in [0.15, 0.2) is 102 Å². The van der Waals surface area contributed by atoms with E-state index in [2.05, 4.69) is 10.5 Å². The number of amides is 1. The van der Waals surface area contributed by atoms with Crippen LogP contribution >= 0.6 is 0 Å². The van der Waals surface area contributed by atoms with E-state index in [0.29, 0.717) is 11.3 Å². The van der Waals surface area contributed by atoms with Gasteiger partial charge in [0.1, 0.15) is 0 Å². The van der Waals surface area contributed by atoms with Gasteiger partial charge in [-0.05, 0) is 23.8 Å². The van der Waals surface area contributed by atoms with Crippen molar-refractivity contribution in [1.29, 1.82) is 0 Å². The van der Waals surface area contributed by atoms with Gasteiger partial charge in [-0.2, -0.15) is 5.10 Å². The molecule has 3 nitrogen and oxygen atoms in total. The Labute approximate surface area is 147 Å². The van der Waals surface area contributed by atoms with Crippen LogP contribution in [-0.2, 0) is 0 Å². The fourth-order valence-corrected chi connectivity index (χ4v) is 2.31. The second-order valence-electron chi connectivity index (χ2n) is 5.41. The summed E-state index contributed by atoms with van der Waals surface area (Å²) in [6.07, 6.45) is 3.87. The van der Waals surface area contributed by atoms with E-state index in [0.717, 1.165) is 11.1 Å². The van der Waals surface area contributed by atoms with Crippen LogP contribution in [0.5, 0.6) is 0 Å². The Balaban J connectivity index is 1.84. The van der Waals surface area contributed by atoms with E-state index in [1.54, 1.807) is 12.1 Å². The fourth-order valence-electron chi connectivity index (χ4n) is 2.31. The smallest absolute Gasteiger partial charge is 0.267 e. The number of nitrogens with one attached hydrogen (secondary N) is 1. The van der Waals surface area contributed by atoms with Gasteiger partial charge in [0.25, 0.3) is 5.91 Å². The Morgan fingerprint density at radius 2 is 1.24 bits per heavy atom. The second-order valence-corrected chi connectivity index (χ2v) is 5.41. The van der Waals surface area contributed by atoms with E-state index < -0.39 is 0 Å². The zero-order chi connectivity index (χ0) is 17.3. The van der Waals surface area contributed by atoms with Crippen molar-refractivity contribution in [3.05, 3.63) is 114 Å². The molecule has 0 aliphatic rings. The Bertz CT molecular complexity index is 870. The standard InChI is InChI=1S/C22H18N2O/c25-22(20-14-8-3-9-15-20)24-23-21(19-12-6-2-7-13-19)17-16-18-10-4-1-5-11-18/h1-17H,(H,24,25)/b17-16-,23-21?. The molecule has 0 radical (unpaired) electrons. The van der Waals surface area contributed by atoms with Crippen LogP contribution in [0, 0.1) is 0 Å². The van der Waals surface area contributed by atoms with Crippen LogP contribution in [-0.4, -0.2) is 11.6 Å². The van der Waals surface area contributed by atoms with Crippen molar-refractivity contribution in [3.8, 4) is 0 Å². The highest BCUT2D eigenvalue weighted by atomic mass is 16.2. The molecule has 3 heteroatoms.